The third-order valence-corrected chi connectivity index (χ3v) is 6.98. The van der Waals surface area contributed by atoms with Crippen molar-refractivity contribution in [3.63, 3.8) is 0 Å². The van der Waals surface area contributed by atoms with Crippen molar-refractivity contribution in [2.45, 2.75) is 70.6 Å². The summed E-state index contributed by atoms with van der Waals surface area (Å²) in [5.41, 5.74) is 0. The first kappa shape index (κ1) is 10.9. The van der Waals surface area contributed by atoms with Gasteiger partial charge in [0.25, 0.3) is 0 Å². The molecule has 0 aromatic carbocycles. The van der Waals surface area contributed by atoms with Crippen molar-refractivity contribution >= 4 is 0 Å². The van der Waals surface area contributed by atoms with E-state index in [4.69, 9.17) is 0 Å². The van der Waals surface area contributed by atoms with Crippen LogP contribution in [-0.2, 0) is 0 Å². The molecule has 0 aliphatic heterocycles. The highest BCUT2D eigenvalue weighted by Crippen LogP contribution is 2.61. The Morgan fingerprint density at radius 2 is 0.941 bits per heavy atom. The maximum atomic E-state index is 1.61. The summed E-state index contributed by atoms with van der Waals surface area (Å²) >= 11 is 0. The minimum atomic E-state index is 1.17. The van der Waals surface area contributed by atoms with E-state index in [1.165, 1.54) is 35.5 Å². The van der Waals surface area contributed by atoms with E-state index in [2.05, 4.69) is 0 Å². The first-order valence-corrected chi connectivity index (χ1v) is 8.45. The lowest BCUT2D eigenvalue weighted by atomic mass is 9.63. The standard InChI is InChI=1S/C17H28/c1-2-8-13-14(9-3-1)16-11-5-7-12-6-4-10-15(13)17(12)16/h12-17H,1-11H2. The third kappa shape index (κ3) is 1.62. The summed E-state index contributed by atoms with van der Waals surface area (Å²) in [5, 5.41) is 0. The van der Waals surface area contributed by atoms with Gasteiger partial charge in [-0.3, -0.25) is 0 Å². The largest absolute Gasteiger partial charge is 0.0533 e. The highest BCUT2D eigenvalue weighted by molar-refractivity contribution is 5.03. The Labute approximate surface area is 107 Å². The van der Waals surface area contributed by atoms with E-state index in [1.54, 1.807) is 70.6 Å². The molecular weight excluding hydrogens is 204 g/mol. The molecule has 0 nitrogen and oxygen atoms in total. The minimum absolute atomic E-state index is 1.17. The molecule has 17 heavy (non-hydrogen) atoms. The van der Waals surface area contributed by atoms with Crippen LogP contribution in [0.1, 0.15) is 70.6 Å². The van der Waals surface area contributed by atoms with Crippen LogP contribution < -0.4 is 0 Å². The average Bonchev–Trinajstić information content (AvgIpc) is 2.55. The summed E-state index contributed by atoms with van der Waals surface area (Å²) in [6.45, 7) is 0. The molecule has 4 unspecified atom stereocenters. The second-order valence-corrected chi connectivity index (χ2v) is 7.49. The van der Waals surface area contributed by atoms with Crippen LogP contribution in [0.2, 0.25) is 0 Å². The Kier molecular flexibility index (Phi) is 2.74. The van der Waals surface area contributed by atoms with Gasteiger partial charge in [0, 0.05) is 0 Å². The van der Waals surface area contributed by atoms with Gasteiger partial charge in [0.1, 0.15) is 0 Å². The smallest absolute Gasteiger partial charge is 0.0324 e. The zero-order valence-corrected chi connectivity index (χ0v) is 11.2. The van der Waals surface area contributed by atoms with Crippen LogP contribution in [0, 0.1) is 35.5 Å². The molecule has 4 aliphatic rings. The second kappa shape index (κ2) is 4.28. The molecule has 4 saturated carbocycles. The summed E-state index contributed by atoms with van der Waals surface area (Å²) in [6.07, 6.45) is 17.4. The lowest BCUT2D eigenvalue weighted by molar-refractivity contribution is 0.0791. The van der Waals surface area contributed by atoms with Crippen molar-refractivity contribution in [3.8, 4) is 0 Å². The van der Waals surface area contributed by atoms with Crippen LogP contribution in [0.3, 0.4) is 0 Å². The molecule has 4 aliphatic carbocycles. The fraction of sp³-hybridized carbons (Fsp3) is 1.00. The van der Waals surface area contributed by atoms with Crippen molar-refractivity contribution < 1.29 is 0 Å². The van der Waals surface area contributed by atoms with E-state index in [-0.39, 0.29) is 0 Å². The van der Waals surface area contributed by atoms with Gasteiger partial charge >= 0.3 is 0 Å². The van der Waals surface area contributed by atoms with E-state index >= 15 is 0 Å². The molecule has 0 saturated heterocycles. The quantitative estimate of drug-likeness (QED) is 0.549. The molecular formula is C17H28. The topological polar surface area (TPSA) is 0 Å². The highest BCUT2D eigenvalue weighted by Gasteiger charge is 2.54. The molecule has 0 amide bonds. The summed E-state index contributed by atoms with van der Waals surface area (Å²) in [6, 6.07) is 0. The van der Waals surface area contributed by atoms with Crippen LogP contribution in [0.5, 0.6) is 0 Å². The fourth-order valence-corrected chi connectivity index (χ4v) is 6.59. The lowest BCUT2D eigenvalue weighted by Gasteiger charge is -2.42. The Morgan fingerprint density at radius 3 is 1.53 bits per heavy atom. The number of hydrogen-bond acceptors (Lipinski definition) is 0. The van der Waals surface area contributed by atoms with Gasteiger partial charge in [-0.15, -0.1) is 0 Å². The Hall–Kier alpha value is 0. The molecule has 4 atom stereocenters. The predicted molar refractivity (Wildman–Crippen MR) is 71.7 cm³/mol. The van der Waals surface area contributed by atoms with Gasteiger partial charge in [-0.2, -0.15) is 0 Å². The summed E-state index contributed by atoms with van der Waals surface area (Å²) in [4.78, 5) is 0. The number of fused-ring (bicyclic) bond motifs is 3. The van der Waals surface area contributed by atoms with Crippen LogP contribution in [-0.4, -0.2) is 0 Å². The third-order valence-electron chi connectivity index (χ3n) is 6.98. The second-order valence-electron chi connectivity index (χ2n) is 7.49. The van der Waals surface area contributed by atoms with E-state index in [1.807, 2.05) is 0 Å². The molecule has 0 aromatic rings. The predicted octanol–water partition coefficient (Wildman–Crippen LogP) is 5.03. The summed E-state index contributed by atoms with van der Waals surface area (Å²) in [7, 11) is 0. The molecule has 0 N–H and O–H groups in total. The van der Waals surface area contributed by atoms with E-state index in [0.717, 1.165) is 0 Å². The maximum Gasteiger partial charge on any atom is -0.0324 e. The van der Waals surface area contributed by atoms with Crippen molar-refractivity contribution in [2.24, 2.45) is 35.5 Å². The molecule has 4 fully saturated rings. The molecule has 0 radical (unpaired) electrons. The van der Waals surface area contributed by atoms with Gasteiger partial charge in [0.05, 0.1) is 0 Å². The molecule has 0 aromatic heterocycles. The zero-order chi connectivity index (χ0) is 11.2. The normalized spacial score (nSPS) is 53.6. The van der Waals surface area contributed by atoms with E-state index < -0.39 is 0 Å². The SMILES string of the molecule is C1CCC2C(CC1)C1CCCC3CCCC2C31. The van der Waals surface area contributed by atoms with Gasteiger partial charge in [-0.25, -0.2) is 0 Å². The van der Waals surface area contributed by atoms with Crippen LogP contribution in [0.15, 0.2) is 0 Å². The van der Waals surface area contributed by atoms with Crippen LogP contribution in [0.4, 0.5) is 0 Å². The van der Waals surface area contributed by atoms with E-state index in [9.17, 15) is 0 Å². The number of hydrogen-bond donors (Lipinski definition) is 0. The molecule has 0 heteroatoms. The van der Waals surface area contributed by atoms with Gasteiger partial charge in [-0.05, 0) is 61.2 Å². The molecule has 96 valence electrons. The Balaban J connectivity index is 1.66. The molecule has 0 heterocycles. The van der Waals surface area contributed by atoms with Gasteiger partial charge in [0.2, 0.25) is 0 Å². The Bertz CT molecular complexity index is 252. The first-order chi connectivity index (χ1) is 8.45. The van der Waals surface area contributed by atoms with Crippen molar-refractivity contribution in [2.75, 3.05) is 0 Å². The van der Waals surface area contributed by atoms with Crippen molar-refractivity contribution in [1.29, 1.82) is 0 Å². The van der Waals surface area contributed by atoms with Gasteiger partial charge in [-0.1, -0.05) is 44.9 Å². The van der Waals surface area contributed by atoms with Crippen molar-refractivity contribution in [3.05, 3.63) is 0 Å². The van der Waals surface area contributed by atoms with Crippen molar-refractivity contribution in [1.82, 2.24) is 0 Å². The van der Waals surface area contributed by atoms with Crippen LogP contribution in [0.25, 0.3) is 0 Å². The van der Waals surface area contributed by atoms with Gasteiger partial charge in [0.15, 0.2) is 0 Å². The lowest BCUT2D eigenvalue weighted by Crippen LogP contribution is -2.33. The molecule has 0 spiro atoms. The van der Waals surface area contributed by atoms with Gasteiger partial charge < -0.3 is 0 Å². The zero-order valence-electron chi connectivity index (χ0n) is 11.2. The first-order valence-electron chi connectivity index (χ1n) is 8.45. The average molecular weight is 232 g/mol. The number of rotatable bonds is 0. The van der Waals surface area contributed by atoms with Crippen LogP contribution >= 0.6 is 0 Å². The summed E-state index contributed by atoms with van der Waals surface area (Å²) in [5.74, 6) is 7.08. The fourth-order valence-electron chi connectivity index (χ4n) is 6.59. The monoisotopic (exact) mass is 232 g/mol. The highest BCUT2D eigenvalue weighted by atomic mass is 14.6. The summed E-state index contributed by atoms with van der Waals surface area (Å²) < 4.78 is 0. The molecule has 0 bridgehead atoms. The molecule has 4 rings (SSSR count). The van der Waals surface area contributed by atoms with E-state index in [0.29, 0.717) is 0 Å². The minimum Gasteiger partial charge on any atom is -0.0533 e. The maximum absolute atomic E-state index is 1.61. The Morgan fingerprint density at radius 1 is 0.412 bits per heavy atom.